The minimum absolute atomic E-state index is 0.145. The summed E-state index contributed by atoms with van der Waals surface area (Å²) in [4.78, 5) is 13.6. The van der Waals surface area contributed by atoms with E-state index in [0.717, 1.165) is 22.0 Å². The number of hydrogen-bond donors (Lipinski definition) is 1. The second-order valence-corrected chi connectivity index (χ2v) is 7.44. The summed E-state index contributed by atoms with van der Waals surface area (Å²) in [5, 5.41) is 4.16. The quantitative estimate of drug-likeness (QED) is 0.739. The van der Waals surface area contributed by atoms with Crippen LogP contribution in [0.3, 0.4) is 0 Å². The van der Waals surface area contributed by atoms with Gasteiger partial charge in [-0.2, -0.15) is 0 Å². The van der Waals surface area contributed by atoms with Crippen molar-refractivity contribution in [2.45, 2.75) is 39.3 Å². The molecule has 0 aliphatic rings. The molecule has 0 aromatic heterocycles. The average molecular weight is 361 g/mol. The Labute approximate surface area is 154 Å². The molecule has 2 rings (SSSR count). The molecule has 0 heterocycles. The van der Waals surface area contributed by atoms with Crippen molar-refractivity contribution in [2.75, 3.05) is 17.3 Å². The van der Waals surface area contributed by atoms with Crippen LogP contribution in [0, 0.1) is 0 Å². The van der Waals surface area contributed by atoms with Gasteiger partial charge in [0.15, 0.2) is 0 Å². The van der Waals surface area contributed by atoms with Crippen molar-refractivity contribution in [3.8, 4) is 0 Å². The van der Waals surface area contributed by atoms with Gasteiger partial charge >= 0.3 is 6.09 Å². The van der Waals surface area contributed by atoms with E-state index >= 15 is 0 Å². The van der Waals surface area contributed by atoms with Crippen LogP contribution in [0.2, 0.25) is 5.02 Å². The Morgan fingerprint density at radius 3 is 2.16 bits per heavy atom. The summed E-state index contributed by atoms with van der Waals surface area (Å²) in [5.74, 6) is 0. The third-order valence-corrected chi connectivity index (χ3v) is 3.93. The lowest BCUT2D eigenvalue weighted by atomic mass is 10.1. The van der Waals surface area contributed by atoms with Gasteiger partial charge in [0, 0.05) is 29.5 Å². The maximum Gasteiger partial charge on any atom is 0.414 e. The highest BCUT2D eigenvalue weighted by atomic mass is 35.5. The van der Waals surface area contributed by atoms with Crippen LogP contribution >= 0.6 is 11.6 Å². The maximum absolute atomic E-state index is 12.1. The first-order chi connectivity index (χ1) is 11.7. The van der Waals surface area contributed by atoms with Crippen LogP contribution in [0.1, 0.15) is 39.3 Å². The Morgan fingerprint density at radius 2 is 1.64 bits per heavy atom. The van der Waals surface area contributed by atoms with Gasteiger partial charge in [0.2, 0.25) is 0 Å². The largest absolute Gasteiger partial charge is 0.443 e. The normalized spacial score (nSPS) is 12.4. The van der Waals surface area contributed by atoms with Crippen LogP contribution in [0.5, 0.6) is 0 Å². The zero-order valence-electron chi connectivity index (χ0n) is 15.3. The second-order valence-electron chi connectivity index (χ2n) is 7.00. The molecule has 0 radical (unpaired) electrons. The van der Waals surface area contributed by atoms with Gasteiger partial charge in [0.1, 0.15) is 5.60 Å². The fraction of sp³-hybridized carbons (Fsp3) is 0.350. The second kappa shape index (κ2) is 7.79. The summed E-state index contributed by atoms with van der Waals surface area (Å²) < 4.78 is 5.38. The van der Waals surface area contributed by atoms with Gasteiger partial charge in [0.25, 0.3) is 0 Å². The number of ether oxygens (including phenoxy) is 1. The molecule has 25 heavy (non-hydrogen) atoms. The zero-order valence-corrected chi connectivity index (χ0v) is 16.1. The molecule has 2 aromatic rings. The number of rotatable bonds is 4. The van der Waals surface area contributed by atoms with Gasteiger partial charge in [-0.3, -0.25) is 4.90 Å². The molecular weight excluding hydrogens is 336 g/mol. The van der Waals surface area contributed by atoms with Gasteiger partial charge in [-0.05, 0) is 69.7 Å². The lowest BCUT2D eigenvalue weighted by Crippen LogP contribution is -2.34. The van der Waals surface area contributed by atoms with Crippen molar-refractivity contribution in [1.82, 2.24) is 0 Å². The average Bonchev–Trinajstić information content (AvgIpc) is 2.54. The predicted octanol–water partition coefficient (Wildman–Crippen LogP) is 5.88. The van der Waals surface area contributed by atoms with E-state index in [-0.39, 0.29) is 12.1 Å². The molecule has 0 unspecified atom stereocenters. The molecule has 0 saturated carbocycles. The first kappa shape index (κ1) is 19.1. The van der Waals surface area contributed by atoms with Crippen LogP contribution in [0.15, 0.2) is 48.5 Å². The molecule has 1 atom stereocenters. The molecule has 0 saturated heterocycles. The number of carbonyl (C=O) groups excluding carboxylic acids is 1. The predicted molar refractivity (Wildman–Crippen MR) is 105 cm³/mol. The van der Waals surface area contributed by atoms with Crippen LogP contribution in [0.4, 0.5) is 16.2 Å². The highest BCUT2D eigenvalue weighted by Gasteiger charge is 2.20. The SMILES string of the molecule is C[C@H](Nc1ccc(N(C)C(=O)OC(C)(C)C)cc1)c1ccc(Cl)cc1. The lowest BCUT2D eigenvalue weighted by molar-refractivity contribution is 0.0589. The van der Waals surface area contributed by atoms with E-state index in [2.05, 4.69) is 12.2 Å². The fourth-order valence-corrected chi connectivity index (χ4v) is 2.43. The number of amides is 1. The summed E-state index contributed by atoms with van der Waals surface area (Å²) in [6.07, 6.45) is -0.372. The van der Waals surface area contributed by atoms with Crippen LogP contribution < -0.4 is 10.2 Å². The molecule has 0 aliphatic heterocycles. The van der Waals surface area contributed by atoms with E-state index in [0.29, 0.717) is 0 Å². The fourth-order valence-electron chi connectivity index (χ4n) is 2.30. The summed E-state index contributed by atoms with van der Waals surface area (Å²) in [6.45, 7) is 7.64. The molecule has 0 bridgehead atoms. The number of nitrogens with zero attached hydrogens (tertiary/aromatic N) is 1. The van der Waals surface area contributed by atoms with Crippen LogP contribution in [-0.2, 0) is 4.74 Å². The van der Waals surface area contributed by atoms with E-state index in [1.54, 1.807) is 7.05 Å². The molecule has 4 nitrogen and oxygen atoms in total. The highest BCUT2D eigenvalue weighted by Crippen LogP contribution is 2.24. The van der Waals surface area contributed by atoms with Crippen LogP contribution in [0.25, 0.3) is 0 Å². The Morgan fingerprint density at radius 1 is 1.08 bits per heavy atom. The smallest absolute Gasteiger partial charge is 0.414 e. The molecule has 0 fully saturated rings. The van der Waals surface area contributed by atoms with E-state index in [1.165, 1.54) is 4.90 Å². The van der Waals surface area contributed by atoms with E-state index in [4.69, 9.17) is 16.3 Å². The topological polar surface area (TPSA) is 41.6 Å². The molecule has 134 valence electrons. The van der Waals surface area contributed by atoms with Crippen molar-refractivity contribution in [2.24, 2.45) is 0 Å². The number of benzene rings is 2. The Kier molecular flexibility index (Phi) is 5.96. The van der Waals surface area contributed by atoms with Gasteiger partial charge in [0.05, 0.1) is 0 Å². The van der Waals surface area contributed by atoms with Crippen molar-refractivity contribution in [3.05, 3.63) is 59.1 Å². The van der Waals surface area contributed by atoms with E-state index in [9.17, 15) is 4.79 Å². The summed E-state index contributed by atoms with van der Waals surface area (Å²) in [6, 6.07) is 15.6. The lowest BCUT2D eigenvalue weighted by Gasteiger charge is -2.25. The first-order valence-corrected chi connectivity index (χ1v) is 8.62. The minimum Gasteiger partial charge on any atom is -0.443 e. The van der Waals surface area contributed by atoms with Gasteiger partial charge in [-0.15, -0.1) is 0 Å². The zero-order chi connectivity index (χ0) is 18.6. The van der Waals surface area contributed by atoms with Crippen molar-refractivity contribution in [1.29, 1.82) is 0 Å². The number of anilines is 2. The molecule has 0 spiro atoms. The number of hydrogen-bond acceptors (Lipinski definition) is 3. The van der Waals surface area contributed by atoms with Crippen molar-refractivity contribution >= 4 is 29.1 Å². The standard InChI is InChI=1S/C20H25ClN2O2/c1-14(15-6-8-16(21)9-7-15)22-17-10-12-18(13-11-17)23(5)19(24)25-20(2,3)4/h6-14,22H,1-5H3/t14-/m0/s1. The third-order valence-electron chi connectivity index (χ3n) is 3.68. The van der Waals surface area contributed by atoms with Gasteiger partial charge in [-0.25, -0.2) is 4.79 Å². The van der Waals surface area contributed by atoms with E-state index in [1.807, 2.05) is 69.3 Å². The van der Waals surface area contributed by atoms with Crippen LogP contribution in [-0.4, -0.2) is 18.7 Å². The minimum atomic E-state index is -0.513. The highest BCUT2D eigenvalue weighted by molar-refractivity contribution is 6.30. The van der Waals surface area contributed by atoms with Crippen molar-refractivity contribution < 1.29 is 9.53 Å². The van der Waals surface area contributed by atoms with Crippen molar-refractivity contribution in [3.63, 3.8) is 0 Å². The number of nitrogens with one attached hydrogen (secondary N) is 1. The molecule has 1 N–H and O–H groups in total. The molecular formula is C20H25ClN2O2. The van der Waals surface area contributed by atoms with Gasteiger partial charge in [-0.1, -0.05) is 23.7 Å². The third kappa shape index (κ3) is 5.68. The number of carbonyl (C=O) groups is 1. The van der Waals surface area contributed by atoms with Gasteiger partial charge < -0.3 is 10.1 Å². The molecule has 0 aliphatic carbocycles. The molecule has 5 heteroatoms. The summed E-state index contributed by atoms with van der Waals surface area (Å²) in [7, 11) is 1.70. The number of halogens is 1. The monoisotopic (exact) mass is 360 g/mol. The maximum atomic E-state index is 12.1. The van der Waals surface area contributed by atoms with E-state index < -0.39 is 5.60 Å². The Hall–Kier alpha value is -2.20. The summed E-state index contributed by atoms with van der Waals surface area (Å²) >= 11 is 5.93. The summed E-state index contributed by atoms with van der Waals surface area (Å²) in [5.41, 5.74) is 2.39. The Balaban J connectivity index is 2.01. The molecule has 2 aromatic carbocycles. The first-order valence-electron chi connectivity index (χ1n) is 8.24. The Bertz CT molecular complexity index is 706. The molecule has 1 amide bonds.